The van der Waals surface area contributed by atoms with Gasteiger partial charge >= 0.3 is 0 Å². The van der Waals surface area contributed by atoms with Gasteiger partial charge in [0, 0.05) is 19.7 Å². The Morgan fingerprint density at radius 1 is 1.20 bits per heavy atom. The van der Waals surface area contributed by atoms with Crippen LogP contribution in [0.25, 0.3) is 0 Å². The number of nitrogens with one attached hydrogen (secondary N) is 1. The highest BCUT2D eigenvalue weighted by Crippen LogP contribution is 2.37. The number of halogens is 1. The molecule has 0 aliphatic heterocycles. The first-order chi connectivity index (χ1) is 9.47. The Hall–Kier alpha value is -0.970. The van der Waals surface area contributed by atoms with Crippen LogP contribution in [0, 0.1) is 0 Å². The fraction of sp³-hybridized carbons (Fsp3) is 0.600. The van der Waals surface area contributed by atoms with Gasteiger partial charge in [-0.1, -0.05) is 25.4 Å². The summed E-state index contributed by atoms with van der Waals surface area (Å²) in [6.07, 6.45) is -0.0916. The third-order valence-corrected chi connectivity index (χ3v) is 3.00. The molecule has 0 bridgehead atoms. The lowest BCUT2D eigenvalue weighted by Gasteiger charge is -2.18. The third-order valence-electron chi connectivity index (χ3n) is 2.72. The van der Waals surface area contributed by atoms with Crippen LogP contribution >= 0.6 is 11.6 Å². The van der Waals surface area contributed by atoms with Crippen LogP contribution in [0.5, 0.6) is 11.5 Å². The van der Waals surface area contributed by atoms with Gasteiger partial charge in [0.15, 0.2) is 11.5 Å². The molecule has 1 unspecified atom stereocenters. The SMILES string of the molecule is COCC(C)Oc1c(Cl)cc(CNC(C)C)cc1OC. The first-order valence-electron chi connectivity index (χ1n) is 6.73. The number of benzene rings is 1. The number of rotatable bonds is 8. The van der Waals surface area contributed by atoms with Crippen molar-refractivity contribution in [3.8, 4) is 11.5 Å². The molecule has 4 nitrogen and oxygen atoms in total. The standard InChI is InChI=1S/C15H24ClNO3/c1-10(2)17-8-12-6-13(16)15(14(7-12)19-5)20-11(3)9-18-4/h6-7,10-11,17H,8-9H2,1-5H3. The molecule has 0 saturated carbocycles. The van der Waals surface area contributed by atoms with Gasteiger partial charge in [0.05, 0.1) is 18.7 Å². The molecule has 0 heterocycles. The lowest BCUT2D eigenvalue weighted by atomic mass is 10.2. The van der Waals surface area contributed by atoms with Gasteiger partial charge in [-0.05, 0) is 24.6 Å². The van der Waals surface area contributed by atoms with Crippen molar-refractivity contribution >= 4 is 11.6 Å². The fourth-order valence-electron chi connectivity index (χ4n) is 1.78. The van der Waals surface area contributed by atoms with Gasteiger partial charge in [0.25, 0.3) is 0 Å². The molecule has 1 aromatic rings. The molecular weight excluding hydrogens is 278 g/mol. The molecule has 1 rings (SSSR count). The van der Waals surface area contributed by atoms with Crippen LogP contribution in [0.2, 0.25) is 5.02 Å². The summed E-state index contributed by atoms with van der Waals surface area (Å²) in [6, 6.07) is 4.25. The third kappa shape index (κ3) is 5.19. The van der Waals surface area contributed by atoms with Crippen LogP contribution in [0.4, 0.5) is 0 Å². The highest BCUT2D eigenvalue weighted by Gasteiger charge is 2.15. The van der Waals surface area contributed by atoms with Crippen LogP contribution in [-0.4, -0.2) is 33.0 Å². The Morgan fingerprint density at radius 3 is 2.45 bits per heavy atom. The molecule has 0 fully saturated rings. The number of methoxy groups -OCH3 is 2. The summed E-state index contributed by atoms with van der Waals surface area (Å²) < 4.78 is 16.2. The summed E-state index contributed by atoms with van der Waals surface area (Å²) in [7, 11) is 3.25. The zero-order valence-corrected chi connectivity index (χ0v) is 13.6. The summed E-state index contributed by atoms with van der Waals surface area (Å²) in [5.41, 5.74) is 1.06. The van der Waals surface area contributed by atoms with Gasteiger partial charge in [-0.2, -0.15) is 0 Å². The van der Waals surface area contributed by atoms with E-state index in [-0.39, 0.29) is 6.10 Å². The van der Waals surface area contributed by atoms with Crippen LogP contribution in [0.3, 0.4) is 0 Å². The summed E-state index contributed by atoms with van der Waals surface area (Å²) >= 11 is 6.30. The van der Waals surface area contributed by atoms with Crippen LogP contribution in [-0.2, 0) is 11.3 Å². The molecule has 114 valence electrons. The quantitative estimate of drug-likeness (QED) is 0.800. The monoisotopic (exact) mass is 301 g/mol. The first-order valence-corrected chi connectivity index (χ1v) is 7.11. The van der Waals surface area contributed by atoms with E-state index in [1.54, 1.807) is 14.2 Å². The number of hydrogen-bond donors (Lipinski definition) is 1. The van der Waals surface area contributed by atoms with Gasteiger partial charge in [0.2, 0.25) is 0 Å². The second kappa shape index (κ2) is 8.35. The van der Waals surface area contributed by atoms with Gasteiger partial charge in [-0.3, -0.25) is 0 Å². The minimum absolute atomic E-state index is 0.0916. The minimum Gasteiger partial charge on any atom is -0.493 e. The van der Waals surface area contributed by atoms with Crippen molar-refractivity contribution in [2.45, 2.75) is 39.5 Å². The molecular formula is C15H24ClNO3. The van der Waals surface area contributed by atoms with Crippen molar-refractivity contribution in [3.05, 3.63) is 22.7 Å². The Bertz CT molecular complexity index is 424. The van der Waals surface area contributed by atoms with E-state index in [0.29, 0.717) is 29.2 Å². The van der Waals surface area contributed by atoms with Crippen molar-refractivity contribution in [3.63, 3.8) is 0 Å². The molecule has 0 aliphatic rings. The molecule has 0 amide bonds. The largest absolute Gasteiger partial charge is 0.493 e. The number of hydrogen-bond acceptors (Lipinski definition) is 4. The van der Waals surface area contributed by atoms with E-state index in [1.165, 1.54) is 0 Å². The second-order valence-electron chi connectivity index (χ2n) is 5.03. The maximum Gasteiger partial charge on any atom is 0.180 e. The van der Waals surface area contributed by atoms with Crippen LogP contribution in [0.1, 0.15) is 26.3 Å². The lowest BCUT2D eigenvalue weighted by Crippen LogP contribution is -2.22. The maximum atomic E-state index is 6.30. The van der Waals surface area contributed by atoms with E-state index in [1.807, 2.05) is 19.1 Å². The van der Waals surface area contributed by atoms with E-state index in [2.05, 4.69) is 19.2 Å². The molecule has 0 radical (unpaired) electrons. The van der Waals surface area contributed by atoms with E-state index >= 15 is 0 Å². The summed E-state index contributed by atoms with van der Waals surface area (Å²) in [5.74, 6) is 1.20. The molecule has 5 heteroatoms. The second-order valence-corrected chi connectivity index (χ2v) is 5.44. The first kappa shape index (κ1) is 17.1. The van der Waals surface area contributed by atoms with E-state index in [0.717, 1.165) is 12.1 Å². The van der Waals surface area contributed by atoms with Crippen molar-refractivity contribution < 1.29 is 14.2 Å². The summed E-state index contributed by atoms with van der Waals surface area (Å²) in [6.45, 7) is 7.36. The highest BCUT2D eigenvalue weighted by molar-refractivity contribution is 6.32. The van der Waals surface area contributed by atoms with Gasteiger partial charge < -0.3 is 19.5 Å². The van der Waals surface area contributed by atoms with Gasteiger partial charge in [-0.25, -0.2) is 0 Å². The molecule has 0 aliphatic carbocycles. The minimum atomic E-state index is -0.0916. The number of ether oxygens (including phenoxy) is 3. The summed E-state index contributed by atoms with van der Waals surface area (Å²) in [5, 5.41) is 3.89. The van der Waals surface area contributed by atoms with E-state index < -0.39 is 0 Å². The molecule has 1 atom stereocenters. The predicted octanol–water partition coefficient (Wildman–Crippen LogP) is 3.26. The molecule has 20 heavy (non-hydrogen) atoms. The van der Waals surface area contributed by atoms with Gasteiger partial charge in [-0.15, -0.1) is 0 Å². The average molecular weight is 302 g/mol. The normalized spacial score (nSPS) is 12.6. The van der Waals surface area contributed by atoms with Crippen molar-refractivity contribution in [2.75, 3.05) is 20.8 Å². The van der Waals surface area contributed by atoms with Gasteiger partial charge in [0.1, 0.15) is 6.10 Å². The average Bonchev–Trinajstić information content (AvgIpc) is 2.39. The zero-order valence-electron chi connectivity index (χ0n) is 12.8. The van der Waals surface area contributed by atoms with Crippen LogP contribution < -0.4 is 14.8 Å². The molecule has 0 spiro atoms. The highest BCUT2D eigenvalue weighted by atomic mass is 35.5. The van der Waals surface area contributed by atoms with E-state index in [4.69, 9.17) is 25.8 Å². The predicted molar refractivity (Wildman–Crippen MR) is 81.9 cm³/mol. The molecule has 0 aromatic heterocycles. The van der Waals surface area contributed by atoms with Crippen molar-refractivity contribution in [1.29, 1.82) is 0 Å². The lowest BCUT2D eigenvalue weighted by molar-refractivity contribution is 0.0900. The smallest absolute Gasteiger partial charge is 0.180 e. The zero-order chi connectivity index (χ0) is 15.1. The summed E-state index contributed by atoms with van der Waals surface area (Å²) in [4.78, 5) is 0. The van der Waals surface area contributed by atoms with E-state index in [9.17, 15) is 0 Å². The van der Waals surface area contributed by atoms with Crippen LogP contribution in [0.15, 0.2) is 12.1 Å². The fourth-order valence-corrected chi connectivity index (χ4v) is 2.06. The van der Waals surface area contributed by atoms with Crippen molar-refractivity contribution in [1.82, 2.24) is 5.32 Å². The molecule has 1 N–H and O–H groups in total. The maximum absolute atomic E-state index is 6.30. The topological polar surface area (TPSA) is 39.7 Å². The Balaban J connectivity index is 2.90. The Morgan fingerprint density at radius 2 is 1.90 bits per heavy atom. The Labute approximate surface area is 126 Å². The molecule has 1 aromatic carbocycles. The Kier molecular flexibility index (Phi) is 7.13. The molecule has 0 saturated heterocycles. The van der Waals surface area contributed by atoms with Crippen molar-refractivity contribution in [2.24, 2.45) is 0 Å².